The molecule has 4 nitrogen and oxygen atoms in total. The van der Waals surface area contributed by atoms with Crippen molar-refractivity contribution in [1.29, 1.82) is 0 Å². The fourth-order valence-electron chi connectivity index (χ4n) is 3.54. The number of hydrogen-bond acceptors (Lipinski definition) is 4. The van der Waals surface area contributed by atoms with Gasteiger partial charge >= 0.3 is 0 Å². The maximum absolute atomic E-state index is 13.3. The number of Topliss-reactive ketones (excluding diaryl/α,β-unsaturated/α-hetero) is 2. The fourth-order valence-corrected chi connectivity index (χ4v) is 3.79. The summed E-state index contributed by atoms with van der Waals surface area (Å²) in [6.07, 6.45) is 6.80. The van der Waals surface area contributed by atoms with Crippen molar-refractivity contribution in [3.05, 3.63) is 69.7 Å². The molecule has 0 aromatic heterocycles. The van der Waals surface area contributed by atoms with Crippen molar-refractivity contribution in [2.45, 2.75) is 57.5 Å². The zero-order valence-electron chi connectivity index (χ0n) is 17.4. The summed E-state index contributed by atoms with van der Waals surface area (Å²) < 4.78 is 0. The Bertz CT molecular complexity index is 833. The van der Waals surface area contributed by atoms with E-state index in [-0.39, 0.29) is 5.78 Å². The van der Waals surface area contributed by atoms with E-state index in [9.17, 15) is 9.59 Å². The second-order valence-corrected chi connectivity index (χ2v) is 8.62. The average molecular weight is 449 g/mol. The summed E-state index contributed by atoms with van der Waals surface area (Å²) in [6.45, 7) is 2.17. The van der Waals surface area contributed by atoms with Gasteiger partial charge in [-0.25, -0.2) is 0 Å². The van der Waals surface area contributed by atoms with Crippen molar-refractivity contribution in [2.75, 3.05) is 0 Å². The predicted octanol–water partition coefficient (Wildman–Crippen LogP) is 6.04. The van der Waals surface area contributed by atoms with Gasteiger partial charge in [-0.15, -0.1) is 0 Å². The largest absolute Gasteiger partial charge is 0.306 e. The molecule has 0 bridgehead atoms. The Hall–Kier alpha value is -1.72. The summed E-state index contributed by atoms with van der Waals surface area (Å²) in [6, 6.07) is 12.9. The van der Waals surface area contributed by atoms with E-state index in [1.807, 2.05) is 0 Å². The van der Waals surface area contributed by atoms with E-state index in [1.54, 1.807) is 48.5 Å². The molecule has 4 N–H and O–H groups in total. The molecular weight excluding hydrogens is 419 g/mol. The van der Waals surface area contributed by atoms with Gasteiger partial charge in [0.05, 0.1) is 5.92 Å². The first kappa shape index (κ1) is 24.5. The third-order valence-corrected chi connectivity index (χ3v) is 5.87. The van der Waals surface area contributed by atoms with E-state index in [1.165, 1.54) is 12.8 Å². The van der Waals surface area contributed by atoms with Gasteiger partial charge in [0.25, 0.3) is 0 Å². The maximum atomic E-state index is 13.3. The summed E-state index contributed by atoms with van der Waals surface area (Å²) in [5, 5.41) is 1.04. The van der Waals surface area contributed by atoms with Crippen LogP contribution in [0.25, 0.3) is 0 Å². The zero-order valence-corrected chi connectivity index (χ0v) is 18.9. The van der Waals surface area contributed by atoms with Crippen LogP contribution in [0.2, 0.25) is 10.0 Å². The highest BCUT2D eigenvalue weighted by Gasteiger charge is 2.42. The van der Waals surface area contributed by atoms with Crippen molar-refractivity contribution in [3.8, 4) is 0 Å². The average Bonchev–Trinajstić information content (AvgIpc) is 2.73. The molecule has 0 radical (unpaired) electrons. The summed E-state index contributed by atoms with van der Waals surface area (Å²) in [4.78, 5) is 26.4. The van der Waals surface area contributed by atoms with Crippen LogP contribution in [-0.2, 0) is 0 Å². The van der Waals surface area contributed by atoms with Gasteiger partial charge in [0, 0.05) is 21.2 Å². The van der Waals surface area contributed by atoms with Crippen LogP contribution in [-0.4, -0.2) is 17.2 Å². The first-order chi connectivity index (χ1) is 14.3. The van der Waals surface area contributed by atoms with Crippen LogP contribution in [0.1, 0.15) is 72.6 Å². The second kappa shape index (κ2) is 11.6. The van der Waals surface area contributed by atoms with Crippen LogP contribution >= 0.6 is 23.2 Å². The van der Waals surface area contributed by atoms with Gasteiger partial charge in [-0.1, -0.05) is 68.7 Å². The fraction of sp³-hybridized carbons (Fsp3) is 0.417. The van der Waals surface area contributed by atoms with Gasteiger partial charge in [-0.3, -0.25) is 9.59 Å². The lowest BCUT2D eigenvalue weighted by atomic mass is 9.78. The number of rotatable bonds is 12. The van der Waals surface area contributed by atoms with E-state index in [0.717, 1.165) is 25.7 Å². The van der Waals surface area contributed by atoms with E-state index in [4.69, 9.17) is 34.7 Å². The second-order valence-electron chi connectivity index (χ2n) is 7.75. The lowest BCUT2D eigenvalue weighted by Crippen LogP contribution is -2.63. The molecule has 162 valence electrons. The zero-order chi connectivity index (χ0) is 22.1. The van der Waals surface area contributed by atoms with Gasteiger partial charge in [-0.2, -0.15) is 0 Å². The smallest absolute Gasteiger partial charge is 0.197 e. The quantitative estimate of drug-likeness (QED) is 0.235. The van der Waals surface area contributed by atoms with Crippen LogP contribution in [0.15, 0.2) is 48.5 Å². The lowest BCUT2D eigenvalue weighted by Gasteiger charge is -2.32. The highest BCUT2D eigenvalue weighted by molar-refractivity contribution is 6.31. The predicted molar refractivity (Wildman–Crippen MR) is 124 cm³/mol. The lowest BCUT2D eigenvalue weighted by molar-refractivity contribution is 0.0713. The van der Waals surface area contributed by atoms with Crippen molar-refractivity contribution in [1.82, 2.24) is 0 Å². The molecule has 6 heteroatoms. The van der Waals surface area contributed by atoms with Crippen molar-refractivity contribution < 1.29 is 9.59 Å². The van der Waals surface area contributed by atoms with E-state index in [0.29, 0.717) is 27.6 Å². The Morgan fingerprint density at radius 3 is 1.80 bits per heavy atom. The van der Waals surface area contributed by atoms with Crippen LogP contribution in [0.5, 0.6) is 0 Å². The topological polar surface area (TPSA) is 86.2 Å². The highest BCUT2D eigenvalue weighted by atomic mass is 35.5. The number of nitrogens with two attached hydrogens (primary N) is 2. The van der Waals surface area contributed by atoms with Gasteiger partial charge in [0.2, 0.25) is 0 Å². The van der Waals surface area contributed by atoms with Gasteiger partial charge in [0.15, 0.2) is 11.6 Å². The monoisotopic (exact) mass is 448 g/mol. The summed E-state index contributed by atoms with van der Waals surface area (Å²) in [5.74, 6) is -1.56. The Labute approximate surface area is 188 Å². The molecule has 0 saturated carbocycles. The van der Waals surface area contributed by atoms with Crippen molar-refractivity contribution in [2.24, 2.45) is 17.4 Å². The number of ketones is 2. The van der Waals surface area contributed by atoms with Crippen LogP contribution in [0.4, 0.5) is 0 Å². The SMILES string of the molecule is CCCCCCCCC(C(=O)c1ccc(Cl)cc1)C(N)(N)C(=O)c1ccc(Cl)cc1. The van der Waals surface area contributed by atoms with Crippen molar-refractivity contribution >= 4 is 34.8 Å². The molecule has 2 rings (SSSR count). The van der Waals surface area contributed by atoms with Gasteiger partial charge < -0.3 is 11.5 Å². The molecule has 0 saturated heterocycles. The third-order valence-electron chi connectivity index (χ3n) is 5.37. The highest BCUT2D eigenvalue weighted by Crippen LogP contribution is 2.27. The molecule has 0 amide bonds. The minimum Gasteiger partial charge on any atom is -0.306 e. The normalized spacial score (nSPS) is 12.6. The summed E-state index contributed by atoms with van der Waals surface area (Å²) in [5.41, 5.74) is 11.7. The number of carbonyl (C=O) groups excluding carboxylic acids is 2. The van der Waals surface area contributed by atoms with Gasteiger partial charge in [0.1, 0.15) is 5.66 Å². The number of carbonyl (C=O) groups is 2. The molecule has 0 fully saturated rings. The minimum absolute atomic E-state index is 0.243. The van der Waals surface area contributed by atoms with Gasteiger partial charge in [-0.05, 0) is 55.0 Å². The molecule has 0 aliphatic heterocycles. The molecule has 2 aromatic rings. The Kier molecular flexibility index (Phi) is 9.50. The number of hydrogen-bond donors (Lipinski definition) is 2. The number of unbranched alkanes of at least 4 members (excludes halogenated alkanes) is 5. The molecule has 30 heavy (non-hydrogen) atoms. The summed E-state index contributed by atoms with van der Waals surface area (Å²) >= 11 is 11.9. The molecule has 0 aliphatic rings. The number of benzene rings is 2. The molecule has 1 atom stereocenters. The molecule has 2 aromatic carbocycles. The molecule has 0 aliphatic carbocycles. The Morgan fingerprint density at radius 2 is 1.27 bits per heavy atom. The minimum atomic E-state index is -1.83. The molecule has 1 unspecified atom stereocenters. The molecule has 0 spiro atoms. The van der Waals surface area contributed by atoms with Crippen LogP contribution in [0.3, 0.4) is 0 Å². The molecule has 0 heterocycles. The van der Waals surface area contributed by atoms with E-state index in [2.05, 4.69) is 6.92 Å². The first-order valence-electron chi connectivity index (χ1n) is 10.4. The third kappa shape index (κ3) is 6.64. The standard InChI is InChI=1S/C24H30Cl2N2O2/c1-2-3-4-5-6-7-8-21(22(29)17-9-13-19(25)14-10-17)24(27,28)23(30)18-11-15-20(26)16-12-18/h9-16,21H,2-8,27-28H2,1H3. The number of halogens is 2. The molecular formula is C24H30Cl2N2O2. The van der Waals surface area contributed by atoms with E-state index < -0.39 is 17.4 Å². The van der Waals surface area contributed by atoms with Crippen molar-refractivity contribution in [3.63, 3.8) is 0 Å². The first-order valence-corrected chi connectivity index (χ1v) is 11.2. The Morgan fingerprint density at radius 1 is 0.800 bits per heavy atom. The van der Waals surface area contributed by atoms with E-state index >= 15 is 0 Å². The van der Waals surface area contributed by atoms with Crippen LogP contribution < -0.4 is 11.5 Å². The Balaban J connectivity index is 2.23. The van der Waals surface area contributed by atoms with Crippen LogP contribution in [0, 0.1) is 5.92 Å². The summed E-state index contributed by atoms with van der Waals surface area (Å²) in [7, 11) is 0. The maximum Gasteiger partial charge on any atom is 0.197 e.